The summed E-state index contributed by atoms with van der Waals surface area (Å²) in [7, 11) is 3.13. The van der Waals surface area contributed by atoms with Crippen molar-refractivity contribution in [1.82, 2.24) is 0 Å². The molecule has 4 aromatic rings. The van der Waals surface area contributed by atoms with E-state index in [1.165, 1.54) is 6.08 Å². The molecule has 0 atom stereocenters. The molecule has 160 valence electrons. The second kappa shape index (κ2) is 9.22. The largest absolute Gasteiger partial charge is 0.493 e. The van der Waals surface area contributed by atoms with E-state index in [1.807, 2.05) is 24.3 Å². The fourth-order valence-electron chi connectivity index (χ4n) is 3.31. The van der Waals surface area contributed by atoms with Gasteiger partial charge in [-0.1, -0.05) is 36.4 Å². The third-order valence-electron chi connectivity index (χ3n) is 4.94. The fourth-order valence-corrected chi connectivity index (χ4v) is 3.31. The summed E-state index contributed by atoms with van der Waals surface area (Å²) in [6, 6.07) is 21.6. The number of ether oxygens (including phenoxy) is 2. The Balaban J connectivity index is 1.47. The van der Waals surface area contributed by atoms with Crippen LogP contribution in [0, 0.1) is 0 Å². The number of carbonyl (C=O) groups excluding carboxylic acids is 1. The van der Waals surface area contributed by atoms with Gasteiger partial charge in [0.2, 0.25) is 5.91 Å². The number of para-hydroxylation sites is 1. The van der Waals surface area contributed by atoms with Gasteiger partial charge in [0.25, 0.3) is 0 Å². The molecular weight excluding hydrogens is 406 g/mol. The number of hydrogen-bond donors (Lipinski definition) is 1. The molecule has 0 fully saturated rings. The van der Waals surface area contributed by atoms with Crippen LogP contribution in [0.15, 0.2) is 88.1 Å². The van der Waals surface area contributed by atoms with Gasteiger partial charge in [-0.15, -0.1) is 0 Å². The lowest BCUT2D eigenvalue weighted by atomic mass is 10.1. The average Bonchev–Trinajstić information content (AvgIpc) is 2.82. The van der Waals surface area contributed by atoms with E-state index in [0.29, 0.717) is 33.9 Å². The summed E-state index contributed by atoms with van der Waals surface area (Å²) < 4.78 is 15.9. The standard InChI is InChI=1S/C26H21NO5/c1-30-23-13-7-17(15-24(23)31-2)8-14-25(28)27-20-11-9-18(10-12-20)21-16-19-5-3-4-6-22(19)32-26(21)29/h3-16H,1-2H3,(H,27,28)/b14-8+. The first-order chi connectivity index (χ1) is 15.6. The number of fused-ring (bicyclic) bond motifs is 1. The number of benzene rings is 3. The lowest BCUT2D eigenvalue weighted by Crippen LogP contribution is -2.08. The van der Waals surface area contributed by atoms with E-state index in [4.69, 9.17) is 13.9 Å². The molecule has 4 rings (SSSR count). The van der Waals surface area contributed by atoms with E-state index in [-0.39, 0.29) is 5.91 Å². The molecule has 32 heavy (non-hydrogen) atoms. The van der Waals surface area contributed by atoms with Crippen molar-refractivity contribution in [1.29, 1.82) is 0 Å². The number of carbonyl (C=O) groups is 1. The molecule has 3 aromatic carbocycles. The van der Waals surface area contributed by atoms with Crippen LogP contribution in [0.4, 0.5) is 5.69 Å². The minimum absolute atomic E-state index is 0.280. The summed E-state index contributed by atoms with van der Waals surface area (Å²) in [4.78, 5) is 24.6. The molecule has 0 bridgehead atoms. The van der Waals surface area contributed by atoms with Crippen LogP contribution >= 0.6 is 0 Å². The highest BCUT2D eigenvalue weighted by atomic mass is 16.5. The average molecular weight is 427 g/mol. The van der Waals surface area contributed by atoms with E-state index >= 15 is 0 Å². The highest BCUT2D eigenvalue weighted by Gasteiger charge is 2.08. The zero-order chi connectivity index (χ0) is 22.5. The molecule has 6 nitrogen and oxygen atoms in total. The van der Waals surface area contributed by atoms with Crippen molar-refractivity contribution in [3.05, 3.63) is 94.9 Å². The second-order valence-electron chi connectivity index (χ2n) is 7.00. The Hall–Kier alpha value is -4.32. The number of nitrogens with one attached hydrogen (secondary N) is 1. The van der Waals surface area contributed by atoms with Crippen LogP contribution in [-0.4, -0.2) is 20.1 Å². The molecule has 0 aliphatic rings. The summed E-state index contributed by atoms with van der Waals surface area (Å²) in [6.45, 7) is 0. The van der Waals surface area contributed by atoms with Crippen LogP contribution in [0.3, 0.4) is 0 Å². The third kappa shape index (κ3) is 4.54. The fraction of sp³-hybridized carbons (Fsp3) is 0.0769. The number of rotatable bonds is 6. The van der Waals surface area contributed by atoms with Gasteiger partial charge in [-0.3, -0.25) is 4.79 Å². The van der Waals surface area contributed by atoms with Crippen molar-refractivity contribution in [2.75, 3.05) is 19.5 Å². The maximum Gasteiger partial charge on any atom is 0.344 e. The van der Waals surface area contributed by atoms with Crippen LogP contribution in [0.1, 0.15) is 5.56 Å². The highest BCUT2D eigenvalue weighted by molar-refractivity contribution is 6.02. The summed E-state index contributed by atoms with van der Waals surface area (Å²) in [5.74, 6) is 0.927. The van der Waals surface area contributed by atoms with Gasteiger partial charge in [-0.05, 0) is 53.6 Å². The predicted octanol–water partition coefficient (Wildman–Crippen LogP) is 5.13. The Morgan fingerprint density at radius 1 is 0.906 bits per heavy atom. The van der Waals surface area contributed by atoms with Gasteiger partial charge in [0.1, 0.15) is 5.58 Å². The zero-order valence-electron chi connectivity index (χ0n) is 17.6. The van der Waals surface area contributed by atoms with Gasteiger partial charge < -0.3 is 19.2 Å². The molecule has 0 radical (unpaired) electrons. The van der Waals surface area contributed by atoms with Gasteiger partial charge in [0, 0.05) is 17.1 Å². The SMILES string of the molecule is COc1ccc(/C=C/C(=O)Nc2ccc(-c3cc4ccccc4oc3=O)cc2)cc1OC. The first-order valence-electron chi connectivity index (χ1n) is 9.92. The number of methoxy groups -OCH3 is 2. The van der Waals surface area contributed by atoms with E-state index < -0.39 is 5.63 Å². The number of hydrogen-bond acceptors (Lipinski definition) is 5. The molecule has 1 N–H and O–H groups in total. The van der Waals surface area contributed by atoms with Crippen molar-refractivity contribution >= 4 is 28.6 Å². The molecule has 0 aliphatic heterocycles. The molecule has 0 unspecified atom stereocenters. The molecule has 0 aliphatic carbocycles. The minimum atomic E-state index is -0.404. The first-order valence-corrected chi connectivity index (χ1v) is 9.92. The Bertz CT molecular complexity index is 1350. The topological polar surface area (TPSA) is 77.8 Å². The molecule has 1 aromatic heterocycles. The lowest BCUT2D eigenvalue weighted by Gasteiger charge is -2.07. The Morgan fingerprint density at radius 2 is 1.66 bits per heavy atom. The normalized spacial score (nSPS) is 10.9. The molecular formula is C26H21NO5. The third-order valence-corrected chi connectivity index (χ3v) is 4.94. The van der Waals surface area contributed by atoms with Gasteiger partial charge in [0.15, 0.2) is 11.5 Å². The van der Waals surface area contributed by atoms with Crippen molar-refractivity contribution in [3.8, 4) is 22.6 Å². The monoisotopic (exact) mass is 427 g/mol. The summed E-state index contributed by atoms with van der Waals surface area (Å²) in [5.41, 5.74) is 2.74. The van der Waals surface area contributed by atoms with Gasteiger partial charge in [0.05, 0.1) is 19.8 Å². The van der Waals surface area contributed by atoms with E-state index in [9.17, 15) is 9.59 Å². The maximum absolute atomic E-state index is 12.3. The highest BCUT2D eigenvalue weighted by Crippen LogP contribution is 2.28. The Labute approximate surface area is 184 Å². The van der Waals surface area contributed by atoms with Crippen LogP contribution in [0.5, 0.6) is 11.5 Å². The second-order valence-corrected chi connectivity index (χ2v) is 7.00. The number of amides is 1. The Kier molecular flexibility index (Phi) is 6.03. The minimum Gasteiger partial charge on any atom is -0.493 e. The molecule has 0 saturated heterocycles. The number of anilines is 1. The zero-order valence-corrected chi connectivity index (χ0v) is 17.6. The molecule has 0 saturated carbocycles. The lowest BCUT2D eigenvalue weighted by molar-refractivity contribution is -0.111. The van der Waals surface area contributed by atoms with Crippen LogP contribution < -0.4 is 20.4 Å². The van der Waals surface area contributed by atoms with Crippen molar-refractivity contribution in [2.24, 2.45) is 0 Å². The maximum atomic E-state index is 12.3. The Morgan fingerprint density at radius 3 is 2.41 bits per heavy atom. The van der Waals surface area contributed by atoms with Crippen LogP contribution in [0.2, 0.25) is 0 Å². The van der Waals surface area contributed by atoms with Gasteiger partial charge >= 0.3 is 5.63 Å². The molecule has 1 heterocycles. The first kappa shape index (κ1) is 20.9. The summed E-state index contributed by atoms with van der Waals surface area (Å²) in [6.07, 6.45) is 3.12. The van der Waals surface area contributed by atoms with Crippen LogP contribution in [-0.2, 0) is 4.79 Å². The predicted molar refractivity (Wildman–Crippen MR) is 125 cm³/mol. The smallest absolute Gasteiger partial charge is 0.344 e. The van der Waals surface area contributed by atoms with Gasteiger partial charge in [-0.2, -0.15) is 0 Å². The van der Waals surface area contributed by atoms with Crippen molar-refractivity contribution in [2.45, 2.75) is 0 Å². The molecule has 1 amide bonds. The van der Waals surface area contributed by atoms with Crippen molar-refractivity contribution < 1.29 is 18.7 Å². The van der Waals surface area contributed by atoms with E-state index in [0.717, 1.165) is 10.9 Å². The van der Waals surface area contributed by atoms with E-state index in [2.05, 4.69) is 5.32 Å². The molecule has 0 spiro atoms. The van der Waals surface area contributed by atoms with Crippen LogP contribution in [0.25, 0.3) is 28.2 Å². The van der Waals surface area contributed by atoms with Crippen molar-refractivity contribution in [3.63, 3.8) is 0 Å². The summed E-state index contributed by atoms with van der Waals surface area (Å²) >= 11 is 0. The van der Waals surface area contributed by atoms with E-state index in [1.54, 1.807) is 68.8 Å². The van der Waals surface area contributed by atoms with Gasteiger partial charge in [-0.25, -0.2) is 4.79 Å². The molecule has 6 heteroatoms. The quantitative estimate of drug-likeness (QED) is 0.341. The summed E-state index contributed by atoms with van der Waals surface area (Å²) in [5, 5.41) is 3.65.